The van der Waals surface area contributed by atoms with E-state index < -0.39 is 24.2 Å². The first kappa shape index (κ1) is 14.6. The number of azide groups is 1. The van der Waals surface area contributed by atoms with Crippen molar-refractivity contribution in [2.45, 2.75) is 69.4 Å². The van der Waals surface area contributed by atoms with E-state index in [4.69, 9.17) is 24.5 Å². The summed E-state index contributed by atoms with van der Waals surface area (Å²) in [5.74, 6) is -0.969. The van der Waals surface area contributed by atoms with E-state index in [-0.39, 0.29) is 18.7 Å². The number of fused-ring (bicyclic) bond motifs is 1. The summed E-state index contributed by atoms with van der Waals surface area (Å²) in [6, 6.07) is 0. The van der Waals surface area contributed by atoms with Crippen LogP contribution in [-0.4, -0.2) is 42.9 Å². The minimum atomic E-state index is -0.734. The van der Waals surface area contributed by atoms with Crippen LogP contribution in [0.15, 0.2) is 5.11 Å². The SMILES string of the molecule is CC(=O)OC[C@H]1O[C@@H](N=[N+]=[N-])[C@@H]2OC3(CCCCC3)O[C@@H]21. The molecule has 3 fully saturated rings. The Morgan fingerprint density at radius 1 is 1.33 bits per heavy atom. The summed E-state index contributed by atoms with van der Waals surface area (Å²) < 4.78 is 22.8. The molecule has 2 aliphatic heterocycles. The van der Waals surface area contributed by atoms with Gasteiger partial charge in [0.05, 0.1) is 0 Å². The van der Waals surface area contributed by atoms with Crippen LogP contribution in [0.4, 0.5) is 0 Å². The highest BCUT2D eigenvalue weighted by Gasteiger charge is 2.58. The van der Waals surface area contributed by atoms with Crippen molar-refractivity contribution in [1.29, 1.82) is 0 Å². The Labute approximate surface area is 122 Å². The normalized spacial score (nSPS) is 37.0. The lowest BCUT2D eigenvalue weighted by molar-refractivity contribution is -0.226. The zero-order chi connectivity index (χ0) is 14.9. The molecule has 2 heterocycles. The average Bonchev–Trinajstić information content (AvgIpc) is 2.95. The van der Waals surface area contributed by atoms with Gasteiger partial charge in [-0.2, -0.15) is 0 Å². The third-order valence-electron chi connectivity index (χ3n) is 4.22. The minimum absolute atomic E-state index is 0.0768. The molecule has 0 unspecified atom stereocenters. The highest BCUT2D eigenvalue weighted by Crippen LogP contribution is 2.46. The molecule has 0 N–H and O–H groups in total. The second-order valence-corrected chi connectivity index (χ2v) is 5.71. The lowest BCUT2D eigenvalue weighted by Crippen LogP contribution is -2.37. The Balaban J connectivity index is 1.74. The molecule has 0 amide bonds. The second-order valence-electron chi connectivity index (χ2n) is 5.71. The lowest BCUT2D eigenvalue weighted by atomic mass is 9.94. The summed E-state index contributed by atoms with van der Waals surface area (Å²) in [5.41, 5.74) is 8.65. The number of hydrogen-bond donors (Lipinski definition) is 0. The summed E-state index contributed by atoms with van der Waals surface area (Å²) in [6.07, 6.45) is 2.97. The predicted molar refractivity (Wildman–Crippen MR) is 70.0 cm³/mol. The van der Waals surface area contributed by atoms with Gasteiger partial charge in [-0.25, -0.2) is 0 Å². The fourth-order valence-electron chi connectivity index (χ4n) is 3.30. The molecule has 3 aliphatic rings. The van der Waals surface area contributed by atoms with Gasteiger partial charge in [-0.05, 0) is 18.4 Å². The Morgan fingerprint density at radius 3 is 2.71 bits per heavy atom. The van der Waals surface area contributed by atoms with Gasteiger partial charge >= 0.3 is 5.97 Å². The van der Waals surface area contributed by atoms with Gasteiger partial charge in [-0.1, -0.05) is 11.5 Å². The van der Waals surface area contributed by atoms with Crippen LogP contribution in [0.5, 0.6) is 0 Å². The third-order valence-corrected chi connectivity index (χ3v) is 4.22. The van der Waals surface area contributed by atoms with E-state index in [1.807, 2.05) is 0 Å². The number of esters is 1. The predicted octanol–water partition coefficient (Wildman–Crippen LogP) is 2.03. The number of carbonyl (C=O) groups is 1. The van der Waals surface area contributed by atoms with Gasteiger partial charge in [-0.15, -0.1) is 0 Å². The lowest BCUT2D eigenvalue weighted by Gasteiger charge is -2.33. The highest BCUT2D eigenvalue weighted by molar-refractivity contribution is 5.65. The molecule has 4 atom stereocenters. The monoisotopic (exact) mass is 297 g/mol. The van der Waals surface area contributed by atoms with Crippen molar-refractivity contribution in [1.82, 2.24) is 0 Å². The molecule has 0 radical (unpaired) electrons. The molecule has 3 rings (SSSR count). The van der Waals surface area contributed by atoms with Gasteiger partial charge < -0.3 is 18.9 Å². The van der Waals surface area contributed by atoms with Crippen molar-refractivity contribution >= 4 is 5.97 Å². The molecule has 8 nitrogen and oxygen atoms in total. The van der Waals surface area contributed by atoms with Gasteiger partial charge in [0.15, 0.2) is 12.0 Å². The number of ether oxygens (including phenoxy) is 4. The smallest absolute Gasteiger partial charge is 0.302 e. The molecule has 2 saturated heterocycles. The third kappa shape index (κ3) is 2.85. The van der Waals surface area contributed by atoms with Crippen LogP contribution in [0.3, 0.4) is 0 Å². The average molecular weight is 297 g/mol. The first-order chi connectivity index (χ1) is 10.1. The Morgan fingerprint density at radius 2 is 2.05 bits per heavy atom. The van der Waals surface area contributed by atoms with Gasteiger partial charge in [-0.3, -0.25) is 4.79 Å². The number of hydrogen-bond acceptors (Lipinski definition) is 6. The molecular weight excluding hydrogens is 278 g/mol. The van der Waals surface area contributed by atoms with E-state index in [0.29, 0.717) is 0 Å². The largest absolute Gasteiger partial charge is 0.463 e. The fourth-order valence-corrected chi connectivity index (χ4v) is 3.30. The van der Waals surface area contributed by atoms with Crippen molar-refractivity contribution in [3.8, 4) is 0 Å². The summed E-state index contributed by atoms with van der Waals surface area (Å²) in [4.78, 5) is 13.8. The van der Waals surface area contributed by atoms with Gasteiger partial charge in [0.1, 0.15) is 24.9 Å². The molecular formula is C13H19N3O5. The quantitative estimate of drug-likeness (QED) is 0.343. The first-order valence-electron chi connectivity index (χ1n) is 7.32. The van der Waals surface area contributed by atoms with E-state index in [0.717, 1.165) is 25.7 Å². The maximum Gasteiger partial charge on any atom is 0.302 e. The van der Waals surface area contributed by atoms with E-state index in [1.54, 1.807) is 0 Å². The molecule has 1 spiro atoms. The zero-order valence-corrected chi connectivity index (χ0v) is 11.9. The molecule has 0 aromatic heterocycles. The molecule has 8 heteroatoms. The summed E-state index contributed by atoms with van der Waals surface area (Å²) in [5, 5.41) is 3.63. The van der Waals surface area contributed by atoms with Gasteiger partial charge in [0.2, 0.25) is 0 Å². The molecule has 0 aromatic carbocycles. The minimum Gasteiger partial charge on any atom is -0.463 e. The molecule has 1 aliphatic carbocycles. The van der Waals surface area contributed by atoms with Gasteiger partial charge in [0.25, 0.3) is 0 Å². The fraction of sp³-hybridized carbons (Fsp3) is 0.923. The van der Waals surface area contributed by atoms with Crippen molar-refractivity contribution in [3.63, 3.8) is 0 Å². The molecule has 0 aromatic rings. The first-order valence-corrected chi connectivity index (χ1v) is 7.32. The number of rotatable bonds is 3. The van der Waals surface area contributed by atoms with E-state index in [1.165, 1.54) is 13.3 Å². The molecule has 116 valence electrons. The van der Waals surface area contributed by atoms with Gasteiger partial charge in [0, 0.05) is 24.7 Å². The van der Waals surface area contributed by atoms with E-state index in [9.17, 15) is 4.79 Å². The van der Waals surface area contributed by atoms with Crippen molar-refractivity contribution in [3.05, 3.63) is 10.4 Å². The highest BCUT2D eigenvalue weighted by atomic mass is 16.8. The topological polar surface area (TPSA) is 103 Å². The van der Waals surface area contributed by atoms with Crippen molar-refractivity contribution < 1.29 is 23.7 Å². The second kappa shape index (κ2) is 5.81. The van der Waals surface area contributed by atoms with Crippen molar-refractivity contribution in [2.75, 3.05) is 6.61 Å². The molecule has 1 saturated carbocycles. The Kier molecular flexibility index (Phi) is 4.03. The van der Waals surface area contributed by atoms with Crippen LogP contribution >= 0.6 is 0 Å². The summed E-state index contributed by atoms with van der Waals surface area (Å²) >= 11 is 0. The van der Waals surface area contributed by atoms with E-state index in [2.05, 4.69) is 10.0 Å². The van der Waals surface area contributed by atoms with Crippen LogP contribution < -0.4 is 0 Å². The van der Waals surface area contributed by atoms with Crippen LogP contribution in [0.2, 0.25) is 0 Å². The summed E-state index contributed by atoms with van der Waals surface area (Å²) in [6.45, 7) is 1.42. The number of carbonyl (C=O) groups excluding carboxylic acids is 1. The van der Waals surface area contributed by atoms with Crippen LogP contribution in [0.1, 0.15) is 39.0 Å². The Bertz CT molecular complexity index is 459. The molecule has 0 bridgehead atoms. The van der Waals surface area contributed by atoms with E-state index >= 15 is 0 Å². The zero-order valence-electron chi connectivity index (χ0n) is 11.9. The Hall–Kier alpha value is -1.34. The van der Waals surface area contributed by atoms with Crippen LogP contribution in [-0.2, 0) is 23.7 Å². The maximum absolute atomic E-state index is 11.0. The van der Waals surface area contributed by atoms with Crippen LogP contribution in [0, 0.1) is 0 Å². The summed E-state index contributed by atoms with van der Waals surface area (Å²) in [7, 11) is 0. The number of nitrogens with zero attached hydrogens (tertiary/aromatic N) is 3. The van der Waals surface area contributed by atoms with Crippen LogP contribution in [0.25, 0.3) is 10.4 Å². The molecule has 21 heavy (non-hydrogen) atoms. The maximum atomic E-state index is 11.0. The standard InChI is InChI=1S/C13H19N3O5/c1-8(17)18-7-9-10-11(12(19-9)15-16-14)21-13(20-10)5-3-2-4-6-13/h9-12H,2-7H2,1H3/t9-,10-,11-,12-/m1/s1. The van der Waals surface area contributed by atoms with Crippen molar-refractivity contribution in [2.24, 2.45) is 5.11 Å².